The topological polar surface area (TPSA) is 127 Å². The van der Waals surface area contributed by atoms with E-state index >= 15 is 0 Å². The molecule has 2 rings (SSSR count). The Kier molecular flexibility index (Phi) is 10.4. The number of hydrogen-bond acceptors (Lipinski definition) is 6. The summed E-state index contributed by atoms with van der Waals surface area (Å²) in [6.07, 6.45) is 0. The first-order chi connectivity index (χ1) is 10.9. The summed E-state index contributed by atoms with van der Waals surface area (Å²) < 4.78 is 0. The van der Waals surface area contributed by atoms with Gasteiger partial charge in [-0.25, -0.2) is 0 Å². The number of anilines is 3. The van der Waals surface area contributed by atoms with Crippen molar-refractivity contribution in [2.75, 3.05) is 29.9 Å². The van der Waals surface area contributed by atoms with E-state index < -0.39 is 4.92 Å². The molecule has 0 saturated heterocycles. The van der Waals surface area contributed by atoms with Gasteiger partial charge in [-0.05, 0) is 50.2 Å². The van der Waals surface area contributed by atoms with Crippen LogP contribution in [0.2, 0.25) is 0 Å². The molecular weight excluding hydrogens is 296 g/mol. The monoisotopic (exact) mass is 320 g/mol. The zero-order valence-electron chi connectivity index (χ0n) is 13.4. The molecule has 0 spiro atoms. The van der Waals surface area contributed by atoms with Gasteiger partial charge in [0.1, 0.15) is 0 Å². The molecule has 6 N–H and O–H groups in total. The highest BCUT2D eigenvalue weighted by molar-refractivity contribution is 5.51. The minimum atomic E-state index is -0.459. The lowest BCUT2D eigenvalue weighted by atomic mass is 10.3. The molecule has 0 atom stereocenters. The van der Waals surface area contributed by atoms with E-state index in [9.17, 15) is 10.1 Å². The first kappa shape index (κ1) is 20.2. The fourth-order valence-electron chi connectivity index (χ4n) is 1.40. The van der Waals surface area contributed by atoms with Crippen LogP contribution >= 0.6 is 0 Å². The molecule has 2 aromatic carbocycles. The highest BCUT2D eigenvalue weighted by Gasteiger charge is 2.00. The molecule has 23 heavy (non-hydrogen) atoms. The molecule has 126 valence electrons. The Balaban J connectivity index is 0.000000360. The molecule has 2 aromatic rings. The van der Waals surface area contributed by atoms with Crippen LogP contribution in [0.25, 0.3) is 0 Å². The fraction of sp³-hybridized carbons (Fsp3) is 0.250. The predicted octanol–water partition coefficient (Wildman–Crippen LogP) is 2.88. The first-order valence-corrected chi connectivity index (χ1v) is 7.14. The van der Waals surface area contributed by atoms with Gasteiger partial charge in [0.05, 0.1) is 4.92 Å². The van der Waals surface area contributed by atoms with Crippen molar-refractivity contribution >= 4 is 22.7 Å². The summed E-state index contributed by atoms with van der Waals surface area (Å²) in [5, 5.41) is 20.8. The number of nitrogens with two attached hydrogens (primary N) is 2. The summed E-state index contributed by atoms with van der Waals surface area (Å²) >= 11 is 0. The normalized spacial score (nSPS) is 8.83. The molecule has 0 aliphatic heterocycles. The van der Waals surface area contributed by atoms with Gasteiger partial charge in [0.25, 0.3) is 5.69 Å². The number of benzene rings is 2. The number of nitro benzene ring substituents is 1. The summed E-state index contributed by atoms with van der Waals surface area (Å²) in [5.74, 6) is 0. The molecule has 0 aromatic heterocycles. The number of aliphatic hydroxyl groups excluding tert-OH is 1. The van der Waals surface area contributed by atoms with Crippen LogP contribution in [-0.2, 0) is 0 Å². The lowest BCUT2D eigenvalue weighted by Crippen LogP contribution is -1.95. The van der Waals surface area contributed by atoms with E-state index in [1.165, 1.54) is 24.3 Å². The maximum atomic E-state index is 10.1. The number of nitrogens with one attached hydrogen (secondary N) is 1. The Morgan fingerprint density at radius 1 is 1.00 bits per heavy atom. The maximum Gasteiger partial charge on any atom is 0.269 e. The molecule has 0 aliphatic carbocycles. The van der Waals surface area contributed by atoms with Crippen LogP contribution in [0.5, 0.6) is 0 Å². The maximum absolute atomic E-state index is 10.1. The lowest BCUT2D eigenvalue weighted by molar-refractivity contribution is -0.384. The van der Waals surface area contributed by atoms with Gasteiger partial charge in [-0.3, -0.25) is 10.1 Å². The summed E-state index contributed by atoms with van der Waals surface area (Å²) in [5.41, 5.74) is 13.3. The highest BCUT2D eigenvalue weighted by atomic mass is 16.6. The fourth-order valence-corrected chi connectivity index (χ4v) is 1.40. The molecule has 7 heteroatoms. The number of nitrogen functional groups attached to an aromatic ring is 2. The van der Waals surface area contributed by atoms with Crippen molar-refractivity contribution in [3.8, 4) is 0 Å². The van der Waals surface area contributed by atoms with E-state index in [-0.39, 0.29) is 12.3 Å². The van der Waals surface area contributed by atoms with Crippen LogP contribution in [0.1, 0.15) is 13.8 Å². The molecular formula is C16H24N4O3. The molecule has 0 amide bonds. The number of rotatable bonds is 3. The minimum Gasteiger partial charge on any atom is -0.399 e. The van der Waals surface area contributed by atoms with Crippen molar-refractivity contribution in [3.63, 3.8) is 0 Å². The average Bonchev–Trinajstić information content (AvgIpc) is 2.52. The SMILES string of the molecule is CCNc1ccc(N)cc1.CCO.Nc1ccc([N+](=O)[O-])cc1. The largest absolute Gasteiger partial charge is 0.399 e. The van der Waals surface area contributed by atoms with Crippen molar-refractivity contribution in [1.29, 1.82) is 0 Å². The standard InChI is InChI=1S/C8H12N2.C6H6N2O2.C2H6O/c1-2-10-8-5-3-7(9)4-6-8;7-5-1-3-6(4-2-5)8(9)10;1-2-3/h3-6,10H,2,9H2,1H3;1-4H,7H2;3H,2H2,1H3. The van der Waals surface area contributed by atoms with E-state index in [0.29, 0.717) is 5.69 Å². The molecule has 0 aliphatic rings. The third-order valence-electron chi connectivity index (χ3n) is 2.40. The van der Waals surface area contributed by atoms with Crippen LogP contribution in [0, 0.1) is 10.1 Å². The highest BCUT2D eigenvalue weighted by Crippen LogP contribution is 2.12. The Hall–Kier alpha value is -2.80. The molecule has 0 bridgehead atoms. The van der Waals surface area contributed by atoms with Crippen molar-refractivity contribution in [2.24, 2.45) is 0 Å². The second-order valence-corrected chi connectivity index (χ2v) is 4.32. The van der Waals surface area contributed by atoms with Gasteiger partial charge in [0.15, 0.2) is 0 Å². The third-order valence-corrected chi connectivity index (χ3v) is 2.40. The quantitative estimate of drug-likeness (QED) is 0.391. The summed E-state index contributed by atoms with van der Waals surface area (Å²) in [4.78, 5) is 9.62. The number of nitrogens with zero attached hydrogens (tertiary/aromatic N) is 1. The Bertz CT molecular complexity index is 557. The Morgan fingerprint density at radius 2 is 1.39 bits per heavy atom. The zero-order chi connectivity index (χ0) is 17.7. The van der Waals surface area contributed by atoms with E-state index in [1.54, 1.807) is 6.92 Å². The third kappa shape index (κ3) is 9.70. The van der Waals surface area contributed by atoms with Crippen molar-refractivity contribution in [1.82, 2.24) is 0 Å². The van der Waals surface area contributed by atoms with Gasteiger partial charge in [-0.1, -0.05) is 0 Å². The molecule has 0 radical (unpaired) electrons. The van der Waals surface area contributed by atoms with Crippen LogP contribution in [0.3, 0.4) is 0 Å². The molecule has 0 unspecified atom stereocenters. The number of nitro groups is 1. The van der Waals surface area contributed by atoms with E-state index in [0.717, 1.165) is 17.9 Å². The number of hydrogen-bond donors (Lipinski definition) is 4. The van der Waals surface area contributed by atoms with Crippen LogP contribution in [0.4, 0.5) is 22.7 Å². The molecule has 7 nitrogen and oxygen atoms in total. The van der Waals surface area contributed by atoms with Crippen molar-refractivity contribution in [2.45, 2.75) is 13.8 Å². The second-order valence-electron chi connectivity index (χ2n) is 4.32. The van der Waals surface area contributed by atoms with Crippen molar-refractivity contribution < 1.29 is 10.0 Å². The number of aliphatic hydroxyl groups is 1. The zero-order valence-corrected chi connectivity index (χ0v) is 13.4. The summed E-state index contributed by atoms with van der Waals surface area (Å²) in [7, 11) is 0. The van der Waals surface area contributed by atoms with E-state index in [4.69, 9.17) is 16.6 Å². The minimum absolute atomic E-state index is 0.0641. The van der Waals surface area contributed by atoms with Gasteiger partial charge in [-0.2, -0.15) is 0 Å². The van der Waals surface area contributed by atoms with Crippen LogP contribution in [-0.4, -0.2) is 23.2 Å². The van der Waals surface area contributed by atoms with E-state index in [2.05, 4.69) is 12.2 Å². The van der Waals surface area contributed by atoms with Gasteiger partial charge in [0.2, 0.25) is 0 Å². The van der Waals surface area contributed by atoms with E-state index in [1.807, 2.05) is 24.3 Å². The Labute approximate surface area is 136 Å². The Morgan fingerprint density at radius 3 is 1.74 bits per heavy atom. The van der Waals surface area contributed by atoms with Crippen LogP contribution in [0.15, 0.2) is 48.5 Å². The predicted molar refractivity (Wildman–Crippen MR) is 95.3 cm³/mol. The van der Waals surface area contributed by atoms with Crippen molar-refractivity contribution in [3.05, 3.63) is 58.6 Å². The lowest BCUT2D eigenvalue weighted by Gasteiger charge is -2.01. The van der Waals surface area contributed by atoms with Gasteiger partial charge >= 0.3 is 0 Å². The molecule has 0 saturated carbocycles. The number of non-ortho nitro benzene ring substituents is 1. The second kappa shape index (κ2) is 11.8. The average molecular weight is 320 g/mol. The van der Waals surface area contributed by atoms with Gasteiger partial charge in [-0.15, -0.1) is 0 Å². The summed E-state index contributed by atoms with van der Waals surface area (Å²) in [6, 6.07) is 13.5. The summed E-state index contributed by atoms with van der Waals surface area (Å²) in [6.45, 7) is 4.94. The van der Waals surface area contributed by atoms with Crippen LogP contribution < -0.4 is 16.8 Å². The molecule has 0 fully saturated rings. The first-order valence-electron chi connectivity index (χ1n) is 7.14. The smallest absolute Gasteiger partial charge is 0.269 e. The van der Waals surface area contributed by atoms with Gasteiger partial charge in [0, 0.05) is 42.3 Å². The van der Waals surface area contributed by atoms with Gasteiger partial charge < -0.3 is 21.9 Å². The molecule has 0 heterocycles.